The highest BCUT2D eigenvalue weighted by Crippen LogP contribution is 2.59. The summed E-state index contributed by atoms with van der Waals surface area (Å²) in [5.41, 5.74) is 7.08. The molecule has 0 spiro atoms. The van der Waals surface area contributed by atoms with E-state index in [-0.39, 0.29) is 11.8 Å². The Bertz CT molecular complexity index is 904. The minimum atomic E-state index is -0.551. The van der Waals surface area contributed by atoms with Gasteiger partial charge in [-0.05, 0) is 33.4 Å². The van der Waals surface area contributed by atoms with E-state index >= 15 is 0 Å². The highest BCUT2D eigenvalue weighted by molar-refractivity contribution is 5.80. The van der Waals surface area contributed by atoms with E-state index in [1.165, 1.54) is 33.4 Å². The van der Waals surface area contributed by atoms with Gasteiger partial charge in [-0.3, -0.25) is 4.79 Å². The maximum atomic E-state index is 12.6. The fourth-order valence-electron chi connectivity index (χ4n) is 4.95. The lowest BCUT2D eigenvalue weighted by Gasteiger charge is -2.54. The summed E-state index contributed by atoms with van der Waals surface area (Å²) in [6, 6.07) is 25.8. The quantitative estimate of drug-likeness (QED) is 0.654. The van der Waals surface area contributed by atoms with E-state index in [1.54, 1.807) is 6.92 Å². The van der Waals surface area contributed by atoms with Gasteiger partial charge in [0.05, 0.1) is 0 Å². The minimum absolute atomic E-state index is 0.0692. The van der Waals surface area contributed by atoms with Crippen LogP contribution in [0.5, 0.6) is 0 Å². The van der Waals surface area contributed by atoms with Crippen LogP contribution in [0.4, 0.5) is 0 Å². The van der Waals surface area contributed by atoms with Crippen molar-refractivity contribution in [3.8, 4) is 0 Å². The van der Waals surface area contributed by atoms with Crippen LogP contribution in [0.15, 0.2) is 72.8 Å². The molecule has 122 valence electrons. The van der Waals surface area contributed by atoms with Gasteiger partial charge in [0.15, 0.2) is 0 Å². The van der Waals surface area contributed by atoms with Crippen molar-refractivity contribution < 1.29 is 4.79 Å². The molecule has 3 aromatic rings. The number of nitrogens with zero attached hydrogens (tertiary/aromatic N) is 1. The maximum absolute atomic E-state index is 12.6. The second-order valence-electron chi connectivity index (χ2n) is 6.98. The van der Waals surface area contributed by atoms with E-state index in [2.05, 4.69) is 72.8 Å². The zero-order valence-corrected chi connectivity index (χ0v) is 14.4. The normalized spacial score (nSPS) is 21.9. The second-order valence-corrected chi connectivity index (χ2v) is 6.98. The number of hydrogen-bond donors (Lipinski definition) is 0. The smallest absolute Gasteiger partial charge is 0.220 e. The summed E-state index contributed by atoms with van der Waals surface area (Å²) in [5.74, 6) is 0.311. The summed E-state index contributed by atoms with van der Waals surface area (Å²) >= 11 is 0. The molecule has 0 unspecified atom stereocenters. The molecule has 2 heteroatoms. The molecule has 0 aliphatic heterocycles. The summed E-state index contributed by atoms with van der Waals surface area (Å²) in [6.45, 7) is 1.66. The third-order valence-corrected chi connectivity index (χ3v) is 5.96. The number of carbonyl (C=O) groups is 1. The van der Waals surface area contributed by atoms with Crippen LogP contribution in [-0.2, 0) is 10.3 Å². The number of benzene rings is 3. The Labute approximate surface area is 147 Å². The molecule has 0 atom stereocenters. The lowest BCUT2D eigenvalue weighted by Crippen LogP contribution is -2.54. The topological polar surface area (TPSA) is 20.3 Å². The van der Waals surface area contributed by atoms with Crippen molar-refractivity contribution in [2.45, 2.75) is 18.4 Å². The first-order valence-electron chi connectivity index (χ1n) is 8.70. The summed E-state index contributed by atoms with van der Waals surface area (Å²) in [7, 11) is 1.93. The van der Waals surface area contributed by atoms with Crippen molar-refractivity contribution in [3.05, 3.63) is 106 Å². The molecule has 6 rings (SSSR count). The third kappa shape index (κ3) is 1.57. The molecule has 0 saturated heterocycles. The van der Waals surface area contributed by atoms with Gasteiger partial charge in [-0.25, -0.2) is 0 Å². The molecule has 0 aromatic heterocycles. The van der Waals surface area contributed by atoms with Crippen LogP contribution in [0.1, 0.15) is 46.2 Å². The molecule has 0 heterocycles. The van der Waals surface area contributed by atoms with Gasteiger partial charge in [0, 0.05) is 19.9 Å². The molecule has 3 aliphatic rings. The Morgan fingerprint density at radius 1 is 0.760 bits per heavy atom. The highest BCUT2D eigenvalue weighted by atomic mass is 16.2. The predicted molar refractivity (Wildman–Crippen MR) is 98.6 cm³/mol. The van der Waals surface area contributed by atoms with Crippen LogP contribution < -0.4 is 0 Å². The molecule has 0 fully saturated rings. The third-order valence-electron chi connectivity index (χ3n) is 5.96. The fourth-order valence-corrected chi connectivity index (χ4v) is 4.95. The molecular formula is C23H19NO. The van der Waals surface area contributed by atoms with Gasteiger partial charge < -0.3 is 4.90 Å². The van der Waals surface area contributed by atoms with E-state index in [9.17, 15) is 4.79 Å². The lowest BCUT2D eigenvalue weighted by atomic mass is 9.56. The van der Waals surface area contributed by atoms with E-state index in [4.69, 9.17) is 0 Å². The van der Waals surface area contributed by atoms with Gasteiger partial charge in [-0.2, -0.15) is 0 Å². The summed E-state index contributed by atoms with van der Waals surface area (Å²) in [6.07, 6.45) is 0. The molecule has 0 N–H and O–H groups in total. The Morgan fingerprint density at radius 2 is 1.12 bits per heavy atom. The highest BCUT2D eigenvalue weighted by Gasteiger charge is 2.54. The molecular weight excluding hydrogens is 306 g/mol. The average Bonchev–Trinajstić information content (AvgIpc) is 2.67. The van der Waals surface area contributed by atoms with Crippen molar-refractivity contribution in [2.75, 3.05) is 7.05 Å². The van der Waals surface area contributed by atoms with Crippen molar-refractivity contribution in [1.82, 2.24) is 4.90 Å². The molecule has 2 nitrogen and oxygen atoms in total. The van der Waals surface area contributed by atoms with Crippen molar-refractivity contribution >= 4 is 5.91 Å². The molecule has 0 radical (unpaired) electrons. The van der Waals surface area contributed by atoms with E-state index in [0.717, 1.165) is 0 Å². The van der Waals surface area contributed by atoms with Crippen LogP contribution in [0.25, 0.3) is 0 Å². The first-order chi connectivity index (χ1) is 12.2. The van der Waals surface area contributed by atoms with E-state index in [0.29, 0.717) is 0 Å². The van der Waals surface area contributed by atoms with E-state index in [1.807, 2.05) is 11.9 Å². The standard InChI is InChI=1S/C23H19NO/c1-15(25)24(2)23-19-12-6-3-9-16(19)22(17-10-4-7-13-20(17)23)18-11-5-8-14-21(18)23/h3-14,22H,1-2H3. The number of carbonyl (C=O) groups excluding carboxylic acids is 1. The van der Waals surface area contributed by atoms with Crippen LogP contribution in [0, 0.1) is 0 Å². The van der Waals surface area contributed by atoms with Crippen LogP contribution >= 0.6 is 0 Å². The molecule has 3 aromatic carbocycles. The van der Waals surface area contributed by atoms with Crippen LogP contribution in [0.3, 0.4) is 0 Å². The van der Waals surface area contributed by atoms with Gasteiger partial charge in [0.1, 0.15) is 5.54 Å². The zero-order chi connectivity index (χ0) is 17.2. The second kappa shape index (κ2) is 4.82. The predicted octanol–water partition coefficient (Wildman–Crippen LogP) is 4.26. The van der Waals surface area contributed by atoms with Crippen LogP contribution in [-0.4, -0.2) is 17.9 Å². The molecule has 2 bridgehead atoms. The van der Waals surface area contributed by atoms with Crippen LogP contribution in [0.2, 0.25) is 0 Å². The van der Waals surface area contributed by atoms with Gasteiger partial charge in [0.2, 0.25) is 5.91 Å². The average molecular weight is 325 g/mol. The van der Waals surface area contributed by atoms with Crippen molar-refractivity contribution in [2.24, 2.45) is 0 Å². The number of hydrogen-bond acceptors (Lipinski definition) is 1. The summed E-state index contributed by atoms with van der Waals surface area (Å²) in [4.78, 5) is 14.5. The first kappa shape index (κ1) is 14.5. The molecule has 25 heavy (non-hydrogen) atoms. The van der Waals surface area contributed by atoms with Crippen molar-refractivity contribution in [1.29, 1.82) is 0 Å². The minimum Gasteiger partial charge on any atom is -0.328 e. The first-order valence-corrected chi connectivity index (χ1v) is 8.70. The Hall–Kier alpha value is -2.87. The zero-order valence-electron chi connectivity index (χ0n) is 14.4. The lowest BCUT2D eigenvalue weighted by molar-refractivity contribution is -0.131. The van der Waals surface area contributed by atoms with Crippen molar-refractivity contribution in [3.63, 3.8) is 0 Å². The number of amides is 1. The monoisotopic (exact) mass is 325 g/mol. The Morgan fingerprint density at radius 3 is 1.48 bits per heavy atom. The SMILES string of the molecule is CC(=O)N(C)C12c3ccccc3C(c3ccccc31)c1ccccc12. The molecule has 0 saturated carbocycles. The largest absolute Gasteiger partial charge is 0.328 e. The molecule has 3 aliphatic carbocycles. The summed E-state index contributed by atoms with van der Waals surface area (Å²) < 4.78 is 0. The number of rotatable bonds is 1. The van der Waals surface area contributed by atoms with Gasteiger partial charge in [-0.1, -0.05) is 72.8 Å². The van der Waals surface area contributed by atoms with Gasteiger partial charge >= 0.3 is 0 Å². The fraction of sp³-hybridized carbons (Fsp3) is 0.174. The van der Waals surface area contributed by atoms with E-state index < -0.39 is 5.54 Å². The Kier molecular flexibility index (Phi) is 2.79. The van der Waals surface area contributed by atoms with Gasteiger partial charge in [0.25, 0.3) is 0 Å². The maximum Gasteiger partial charge on any atom is 0.220 e. The summed E-state index contributed by atoms with van der Waals surface area (Å²) in [5, 5.41) is 0. The Balaban J connectivity index is 2.01. The van der Waals surface area contributed by atoms with Gasteiger partial charge in [-0.15, -0.1) is 0 Å². The molecule has 1 amide bonds.